The molecule has 1 saturated heterocycles. The van der Waals surface area contributed by atoms with Crippen molar-refractivity contribution in [3.05, 3.63) is 0 Å². The summed E-state index contributed by atoms with van der Waals surface area (Å²) in [7, 11) is 0. The Morgan fingerprint density at radius 3 is 2.44 bits per heavy atom. The number of carbonyl (C=O) groups is 2. The summed E-state index contributed by atoms with van der Waals surface area (Å²) in [5.74, 6) is -0.223. The van der Waals surface area contributed by atoms with Gasteiger partial charge >= 0.3 is 5.97 Å². The van der Waals surface area contributed by atoms with Crippen molar-refractivity contribution < 1.29 is 14.3 Å². The van der Waals surface area contributed by atoms with Crippen LogP contribution in [0.25, 0.3) is 0 Å². The second-order valence-corrected chi connectivity index (χ2v) is 4.79. The Bertz CT molecular complexity index is 286. The molecule has 0 spiro atoms. The number of amides is 1. The Morgan fingerprint density at radius 1 is 1.33 bits per heavy atom. The molecule has 0 radical (unpaired) electrons. The van der Waals surface area contributed by atoms with Crippen LogP contribution in [-0.2, 0) is 14.3 Å². The maximum atomic E-state index is 12.0. The van der Waals surface area contributed by atoms with Gasteiger partial charge in [-0.25, -0.2) is 4.79 Å². The topological polar surface area (TPSA) is 72.6 Å². The van der Waals surface area contributed by atoms with E-state index in [1.165, 1.54) is 12.8 Å². The van der Waals surface area contributed by atoms with E-state index >= 15 is 0 Å². The van der Waals surface area contributed by atoms with E-state index in [0.717, 1.165) is 12.8 Å². The molecule has 1 unspecified atom stereocenters. The summed E-state index contributed by atoms with van der Waals surface area (Å²) in [6.45, 7) is 5.53. The van der Waals surface area contributed by atoms with Gasteiger partial charge < -0.3 is 15.4 Å². The van der Waals surface area contributed by atoms with Gasteiger partial charge in [0, 0.05) is 13.1 Å². The summed E-state index contributed by atoms with van der Waals surface area (Å²) in [5.41, 5.74) is 5.61. The lowest BCUT2D eigenvalue weighted by molar-refractivity contribution is -0.151. The van der Waals surface area contributed by atoms with Crippen LogP contribution in [0.4, 0.5) is 0 Å². The van der Waals surface area contributed by atoms with Crippen LogP contribution in [0.5, 0.6) is 0 Å². The van der Waals surface area contributed by atoms with Crippen LogP contribution in [0.3, 0.4) is 0 Å². The quantitative estimate of drug-likeness (QED) is 0.586. The number of rotatable bonds is 5. The molecule has 0 aromatic rings. The number of hydrogen-bond donors (Lipinski definition) is 1. The first-order valence-corrected chi connectivity index (χ1v) is 6.81. The number of hydrogen-bond acceptors (Lipinski definition) is 4. The van der Waals surface area contributed by atoms with E-state index in [1.807, 2.05) is 0 Å². The Kier molecular flexibility index (Phi) is 6.12. The average Bonchev–Trinajstić information content (AvgIpc) is 2.38. The number of piperidine rings is 1. The molecule has 5 heteroatoms. The molecule has 0 bridgehead atoms. The third-order valence-electron chi connectivity index (χ3n) is 3.43. The summed E-state index contributed by atoms with van der Waals surface area (Å²) >= 11 is 0. The fourth-order valence-electron chi connectivity index (χ4n) is 2.38. The number of esters is 1. The van der Waals surface area contributed by atoms with Gasteiger partial charge in [0.05, 0.1) is 6.61 Å². The third kappa shape index (κ3) is 3.98. The predicted octanol–water partition coefficient (Wildman–Crippen LogP) is 0.915. The van der Waals surface area contributed by atoms with Crippen LogP contribution in [0.15, 0.2) is 0 Å². The molecule has 0 aromatic carbocycles. The zero-order valence-electron chi connectivity index (χ0n) is 11.4. The summed E-state index contributed by atoms with van der Waals surface area (Å²) in [6, 6.07) is -1.16. The maximum Gasteiger partial charge on any atom is 0.332 e. The smallest absolute Gasteiger partial charge is 0.332 e. The highest BCUT2D eigenvalue weighted by atomic mass is 16.5. The van der Waals surface area contributed by atoms with Gasteiger partial charge in [-0.2, -0.15) is 0 Å². The maximum absolute atomic E-state index is 12.0. The van der Waals surface area contributed by atoms with Gasteiger partial charge in [0.15, 0.2) is 6.04 Å². The van der Waals surface area contributed by atoms with Gasteiger partial charge in [-0.3, -0.25) is 4.79 Å². The molecule has 1 fully saturated rings. The molecule has 1 rings (SSSR count). The highest BCUT2D eigenvalue weighted by Crippen LogP contribution is 2.21. The standard InChI is InChI=1S/C13H24N2O3/c1-3-5-10-6-8-15(9-7-10)12(16)11(14)13(17)18-4-2/h10-11H,3-9,14H2,1-2H3. The Morgan fingerprint density at radius 2 is 1.94 bits per heavy atom. The number of likely N-dealkylation sites (tertiary alicyclic amines) is 1. The summed E-state index contributed by atoms with van der Waals surface area (Å²) in [5, 5.41) is 0. The predicted molar refractivity (Wildman–Crippen MR) is 68.8 cm³/mol. The van der Waals surface area contributed by atoms with Gasteiger partial charge in [0.25, 0.3) is 5.91 Å². The Balaban J connectivity index is 2.42. The van der Waals surface area contributed by atoms with E-state index in [1.54, 1.807) is 11.8 Å². The van der Waals surface area contributed by atoms with Crippen LogP contribution < -0.4 is 5.73 Å². The molecule has 18 heavy (non-hydrogen) atoms. The normalized spacial score (nSPS) is 18.5. The molecule has 2 N–H and O–H groups in total. The summed E-state index contributed by atoms with van der Waals surface area (Å²) in [6.07, 6.45) is 4.41. The molecule has 1 aliphatic heterocycles. The van der Waals surface area contributed by atoms with Crippen molar-refractivity contribution in [2.45, 2.75) is 45.6 Å². The van der Waals surface area contributed by atoms with E-state index < -0.39 is 12.0 Å². The second-order valence-electron chi connectivity index (χ2n) is 4.79. The number of nitrogens with zero attached hydrogens (tertiary/aromatic N) is 1. The molecule has 1 aliphatic rings. The minimum absolute atomic E-state index is 0.248. The van der Waals surface area contributed by atoms with Crippen LogP contribution in [0.2, 0.25) is 0 Å². The first kappa shape index (κ1) is 15.0. The molecule has 0 aromatic heterocycles. The highest BCUT2D eigenvalue weighted by Gasteiger charge is 2.30. The van der Waals surface area contributed by atoms with Crippen molar-refractivity contribution in [3.63, 3.8) is 0 Å². The number of ether oxygens (including phenoxy) is 1. The van der Waals surface area contributed by atoms with E-state index in [-0.39, 0.29) is 12.5 Å². The van der Waals surface area contributed by atoms with Gasteiger partial charge in [0.2, 0.25) is 0 Å². The molecule has 1 heterocycles. The fraction of sp³-hybridized carbons (Fsp3) is 0.846. The van der Waals surface area contributed by atoms with Crippen LogP contribution in [-0.4, -0.2) is 42.5 Å². The van der Waals surface area contributed by atoms with Crippen molar-refractivity contribution >= 4 is 11.9 Å². The molecule has 1 amide bonds. The molecule has 0 aliphatic carbocycles. The van der Waals surface area contributed by atoms with Crippen molar-refractivity contribution in [1.82, 2.24) is 4.90 Å². The average molecular weight is 256 g/mol. The minimum atomic E-state index is -1.16. The zero-order chi connectivity index (χ0) is 13.5. The first-order valence-electron chi connectivity index (χ1n) is 6.81. The van der Waals surface area contributed by atoms with Gasteiger partial charge in [-0.15, -0.1) is 0 Å². The van der Waals surface area contributed by atoms with E-state index in [9.17, 15) is 9.59 Å². The van der Waals surface area contributed by atoms with Crippen LogP contribution in [0, 0.1) is 5.92 Å². The molecule has 5 nitrogen and oxygen atoms in total. The molecule has 0 saturated carbocycles. The minimum Gasteiger partial charge on any atom is -0.464 e. The highest BCUT2D eigenvalue weighted by molar-refractivity contribution is 6.01. The Hall–Kier alpha value is -1.10. The SMILES string of the molecule is CCCC1CCN(C(=O)C(N)C(=O)OCC)CC1. The molecular formula is C13H24N2O3. The van der Waals surface area contributed by atoms with Crippen molar-refractivity contribution in [2.24, 2.45) is 11.7 Å². The summed E-state index contributed by atoms with van der Waals surface area (Å²) in [4.78, 5) is 25.1. The van der Waals surface area contributed by atoms with E-state index in [2.05, 4.69) is 6.92 Å². The van der Waals surface area contributed by atoms with Gasteiger partial charge in [-0.1, -0.05) is 19.8 Å². The lowest BCUT2D eigenvalue weighted by atomic mass is 9.92. The van der Waals surface area contributed by atoms with Crippen LogP contribution >= 0.6 is 0 Å². The first-order chi connectivity index (χ1) is 8.60. The van der Waals surface area contributed by atoms with Crippen LogP contribution in [0.1, 0.15) is 39.5 Å². The second kappa shape index (κ2) is 7.36. The van der Waals surface area contributed by atoms with Crippen molar-refractivity contribution in [3.8, 4) is 0 Å². The van der Waals surface area contributed by atoms with Gasteiger partial charge in [-0.05, 0) is 25.7 Å². The van der Waals surface area contributed by atoms with E-state index in [0.29, 0.717) is 19.0 Å². The third-order valence-corrected chi connectivity index (χ3v) is 3.43. The van der Waals surface area contributed by atoms with Crippen molar-refractivity contribution in [1.29, 1.82) is 0 Å². The fourth-order valence-corrected chi connectivity index (χ4v) is 2.38. The molecular weight excluding hydrogens is 232 g/mol. The lowest BCUT2D eigenvalue weighted by Gasteiger charge is -2.33. The summed E-state index contributed by atoms with van der Waals surface area (Å²) < 4.78 is 4.76. The largest absolute Gasteiger partial charge is 0.464 e. The van der Waals surface area contributed by atoms with E-state index in [4.69, 9.17) is 10.5 Å². The number of nitrogens with two attached hydrogens (primary N) is 1. The van der Waals surface area contributed by atoms with Crippen molar-refractivity contribution in [2.75, 3.05) is 19.7 Å². The zero-order valence-corrected chi connectivity index (χ0v) is 11.4. The monoisotopic (exact) mass is 256 g/mol. The Labute approximate surface area is 109 Å². The molecule has 104 valence electrons. The number of carbonyl (C=O) groups excluding carboxylic acids is 2. The lowest BCUT2D eigenvalue weighted by Crippen LogP contribution is -2.51. The van der Waals surface area contributed by atoms with Gasteiger partial charge in [0.1, 0.15) is 0 Å². The molecule has 1 atom stereocenters.